The Morgan fingerprint density at radius 3 is 2.55 bits per heavy atom. The number of urea groups is 1. The van der Waals surface area contributed by atoms with E-state index in [1.54, 1.807) is 17.0 Å². The molecule has 2 aliphatic rings. The minimum absolute atomic E-state index is 0.0261. The first-order valence-corrected chi connectivity index (χ1v) is 8.29. The molecule has 22 heavy (non-hydrogen) atoms. The highest BCUT2D eigenvalue weighted by Crippen LogP contribution is 2.60. The summed E-state index contributed by atoms with van der Waals surface area (Å²) in [4.78, 5) is 14.1. The van der Waals surface area contributed by atoms with Crippen LogP contribution in [0.25, 0.3) is 0 Å². The van der Waals surface area contributed by atoms with Crippen LogP contribution in [0.3, 0.4) is 0 Å². The van der Waals surface area contributed by atoms with Crippen LogP contribution < -0.4 is 5.32 Å². The van der Waals surface area contributed by atoms with Crippen LogP contribution in [0.2, 0.25) is 0 Å². The molecule has 4 heteroatoms. The summed E-state index contributed by atoms with van der Waals surface area (Å²) in [6, 6.07) is 7.34. The van der Waals surface area contributed by atoms with E-state index in [0.717, 1.165) is 24.4 Å². The molecule has 120 valence electrons. The second kappa shape index (κ2) is 5.82. The van der Waals surface area contributed by atoms with E-state index >= 15 is 0 Å². The molecule has 0 spiro atoms. The normalized spacial score (nSPS) is 20.3. The lowest BCUT2D eigenvalue weighted by atomic mass is 10.0. The first-order valence-electron chi connectivity index (χ1n) is 8.29. The van der Waals surface area contributed by atoms with E-state index in [-0.39, 0.29) is 17.8 Å². The van der Waals surface area contributed by atoms with Crippen molar-refractivity contribution in [1.29, 1.82) is 0 Å². The van der Waals surface area contributed by atoms with E-state index in [4.69, 9.17) is 0 Å². The number of hydrogen-bond donors (Lipinski definition) is 2. The molecule has 0 aliphatic heterocycles. The molecule has 0 saturated heterocycles. The molecule has 1 unspecified atom stereocenters. The number of carbonyl (C=O) groups is 1. The summed E-state index contributed by atoms with van der Waals surface area (Å²) < 4.78 is 0. The van der Waals surface area contributed by atoms with Gasteiger partial charge in [0.15, 0.2) is 0 Å². The number of nitrogens with one attached hydrogen (secondary N) is 1. The zero-order valence-electron chi connectivity index (χ0n) is 13.5. The Morgan fingerprint density at radius 2 is 2.00 bits per heavy atom. The molecule has 2 fully saturated rings. The highest BCUT2D eigenvalue weighted by molar-refractivity contribution is 5.74. The number of phenolic OH excluding ortho intramolecular Hbond substituents is 1. The number of phenols is 1. The van der Waals surface area contributed by atoms with Crippen molar-refractivity contribution in [3.8, 4) is 5.75 Å². The van der Waals surface area contributed by atoms with Gasteiger partial charge in [-0.25, -0.2) is 4.79 Å². The fourth-order valence-corrected chi connectivity index (χ4v) is 3.27. The number of rotatable bonds is 6. The Balaban J connectivity index is 1.48. The lowest BCUT2D eigenvalue weighted by Crippen LogP contribution is -2.45. The van der Waals surface area contributed by atoms with Crippen molar-refractivity contribution >= 4 is 6.03 Å². The molecule has 3 rings (SSSR count). The van der Waals surface area contributed by atoms with Gasteiger partial charge in [-0.2, -0.15) is 0 Å². The molecular weight excluding hydrogens is 276 g/mol. The van der Waals surface area contributed by atoms with Crippen LogP contribution in [0.1, 0.15) is 38.2 Å². The van der Waals surface area contributed by atoms with Crippen molar-refractivity contribution in [2.24, 2.45) is 11.3 Å². The van der Waals surface area contributed by atoms with Crippen molar-refractivity contribution in [2.45, 2.75) is 45.1 Å². The maximum absolute atomic E-state index is 12.3. The number of hydrogen-bond acceptors (Lipinski definition) is 2. The van der Waals surface area contributed by atoms with Gasteiger partial charge in [0.05, 0.1) is 0 Å². The second-order valence-electron chi connectivity index (χ2n) is 7.13. The van der Waals surface area contributed by atoms with Crippen molar-refractivity contribution in [3.05, 3.63) is 29.8 Å². The first kappa shape index (κ1) is 15.2. The predicted molar refractivity (Wildman–Crippen MR) is 86.8 cm³/mol. The van der Waals surface area contributed by atoms with E-state index in [2.05, 4.69) is 12.2 Å². The van der Waals surface area contributed by atoms with Crippen LogP contribution in [0.15, 0.2) is 24.3 Å². The summed E-state index contributed by atoms with van der Waals surface area (Å²) >= 11 is 0. The number of benzene rings is 1. The molecule has 1 aromatic carbocycles. The van der Waals surface area contributed by atoms with Crippen LogP contribution in [0.4, 0.5) is 4.79 Å². The minimum Gasteiger partial charge on any atom is -0.508 e. The van der Waals surface area contributed by atoms with Gasteiger partial charge >= 0.3 is 6.03 Å². The van der Waals surface area contributed by atoms with Gasteiger partial charge < -0.3 is 15.3 Å². The van der Waals surface area contributed by atoms with Gasteiger partial charge in [-0.05, 0) is 68.1 Å². The molecule has 0 bridgehead atoms. The van der Waals surface area contributed by atoms with Crippen molar-refractivity contribution < 1.29 is 9.90 Å². The van der Waals surface area contributed by atoms with Crippen LogP contribution in [-0.2, 0) is 6.42 Å². The molecular formula is C18H26N2O2. The summed E-state index contributed by atoms with van der Waals surface area (Å²) in [5.74, 6) is 1.14. The largest absolute Gasteiger partial charge is 0.508 e. The number of amides is 2. The fourth-order valence-electron chi connectivity index (χ4n) is 3.27. The smallest absolute Gasteiger partial charge is 0.317 e. The maximum Gasteiger partial charge on any atom is 0.317 e. The molecule has 2 amide bonds. The third kappa shape index (κ3) is 3.37. The predicted octanol–water partition coefficient (Wildman–Crippen LogP) is 3.15. The van der Waals surface area contributed by atoms with Gasteiger partial charge in [-0.15, -0.1) is 0 Å². The molecule has 0 aromatic heterocycles. The Hall–Kier alpha value is -1.71. The third-order valence-corrected chi connectivity index (χ3v) is 5.38. The molecule has 1 aromatic rings. The van der Waals surface area contributed by atoms with Crippen LogP contribution in [0, 0.1) is 11.3 Å². The molecule has 2 N–H and O–H groups in total. The van der Waals surface area contributed by atoms with Gasteiger partial charge in [0.1, 0.15) is 5.75 Å². The van der Waals surface area contributed by atoms with E-state index in [1.807, 2.05) is 19.2 Å². The molecule has 1 atom stereocenters. The Morgan fingerprint density at radius 1 is 1.36 bits per heavy atom. The fraction of sp³-hybridized carbons (Fsp3) is 0.611. The standard InChI is InChI=1S/C18H26N2O2/c1-13(11-14-3-7-16(21)8-4-14)20(2)17(22)19-12-18(9-10-18)15-5-6-15/h3-4,7-8,13,15,21H,5-6,9-12H2,1-2H3,(H,19,22). The lowest BCUT2D eigenvalue weighted by Gasteiger charge is -2.26. The van der Waals surface area contributed by atoms with Crippen LogP contribution in [0.5, 0.6) is 5.75 Å². The van der Waals surface area contributed by atoms with Gasteiger partial charge in [0.2, 0.25) is 0 Å². The summed E-state index contributed by atoms with van der Waals surface area (Å²) in [5, 5.41) is 12.4. The SMILES string of the molecule is CC(Cc1ccc(O)cc1)N(C)C(=O)NCC1(C2CC2)CC1. The monoisotopic (exact) mass is 302 g/mol. The summed E-state index contributed by atoms with van der Waals surface area (Å²) in [7, 11) is 1.86. The Kier molecular flexibility index (Phi) is 4.02. The first-order chi connectivity index (χ1) is 10.5. The van der Waals surface area contributed by atoms with Crippen molar-refractivity contribution in [2.75, 3.05) is 13.6 Å². The molecule has 0 radical (unpaired) electrons. The average molecular weight is 302 g/mol. The van der Waals surface area contributed by atoms with E-state index in [1.165, 1.54) is 25.7 Å². The zero-order chi connectivity index (χ0) is 15.7. The number of nitrogens with zero attached hydrogens (tertiary/aromatic N) is 1. The van der Waals surface area contributed by atoms with Gasteiger partial charge in [-0.1, -0.05) is 12.1 Å². The van der Waals surface area contributed by atoms with Gasteiger partial charge in [0, 0.05) is 19.6 Å². The van der Waals surface area contributed by atoms with Crippen molar-refractivity contribution in [3.63, 3.8) is 0 Å². The topological polar surface area (TPSA) is 52.6 Å². The minimum atomic E-state index is 0.0261. The van der Waals surface area contributed by atoms with E-state index in [9.17, 15) is 9.90 Å². The van der Waals surface area contributed by atoms with Gasteiger partial charge in [-0.3, -0.25) is 0 Å². The van der Waals surface area contributed by atoms with Crippen LogP contribution >= 0.6 is 0 Å². The maximum atomic E-state index is 12.3. The summed E-state index contributed by atoms with van der Waals surface area (Å²) in [6.45, 7) is 2.90. The zero-order valence-corrected chi connectivity index (χ0v) is 13.5. The summed E-state index contributed by atoms with van der Waals surface area (Å²) in [5.41, 5.74) is 1.57. The average Bonchev–Trinajstić information content (AvgIpc) is 3.38. The quantitative estimate of drug-likeness (QED) is 0.848. The summed E-state index contributed by atoms with van der Waals surface area (Å²) in [6.07, 6.45) is 6.05. The van der Waals surface area contributed by atoms with Crippen molar-refractivity contribution in [1.82, 2.24) is 10.2 Å². The number of aromatic hydroxyl groups is 1. The molecule has 2 saturated carbocycles. The number of likely N-dealkylation sites (N-methyl/N-ethyl adjacent to an activating group) is 1. The highest BCUT2D eigenvalue weighted by atomic mass is 16.3. The Labute approximate surface area is 132 Å². The molecule has 0 heterocycles. The highest BCUT2D eigenvalue weighted by Gasteiger charge is 2.53. The lowest BCUT2D eigenvalue weighted by molar-refractivity contribution is 0.190. The molecule has 4 nitrogen and oxygen atoms in total. The second-order valence-corrected chi connectivity index (χ2v) is 7.13. The number of carbonyl (C=O) groups excluding carboxylic acids is 1. The third-order valence-electron chi connectivity index (χ3n) is 5.38. The van der Waals surface area contributed by atoms with E-state index in [0.29, 0.717) is 5.41 Å². The molecule has 2 aliphatic carbocycles. The Bertz CT molecular complexity index is 533. The van der Waals surface area contributed by atoms with Crippen LogP contribution in [-0.4, -0.2) is 35.7 Å². The van der Waals surface area contributed by atoms with E-state index < -0.39 is 0 Å². The van der Waals surface area contributed by atoms with Gasteiger partial charge in [0.25, 0.3) is 0 Å².